The fourth-order valence-electron chi connectivity index (χ4n) is 2.84. The molecule has 0 aliphatic heterocycles. The summed E-state index contributed by atoms with van der Waals surface area (Å²) in [6, 6.07) is 12.0. The molecule has 0 saturated heterocycles. The smallest absolute Gasteiger partial charge is 0.369 e. The molecule has 3 rings (SSSR count). The molecule has 8 heteroatoms. The third kappa shape index (κ3) is 4.82. The number of amides is 2. The lowest BCUT2D eigenvalue weighted by atomic mass is 10.1. The van der Waals surface area contributed by atoms with Crippen LogP contribution in [0.15, 0.2) is 53.4 Å². The number of carbonyl (C=O) groups is 2. The predicted molar refractivity (Wildman–Crippen MR) is 97.3 cm³/mol. The Hall–Kier alpha value is -2.48. The topological polar surface area (TPSA) is 72.2 Å². The third-order valence-corrected chi connectivity index (χ3v) is 5.40. The first-order valence-corrected chi connectivity index (χ1v) is 9.22. The number of primary amides is 1. The highest BCUT2D eigenvalue weighted by molar-refractivity contribution is 8.00. The van der Waals surface area contributed by atoms with Crippen molar-refractivity contribution in [3.63, 3.8) is 0 Å². The van der Waals surface area contributed by atoms with Crippen LogP contribution in [0.5, 0.6) is 0 Å². The van der Waals surface area contributed by atoms with Crippen LogP contribution < -0.4 is 11.1 Å². The Bertz CT molecular complexity index is 853. The Labute approximate surface area is 158 Å². The van der Waals surface area contributed by atoms with Gasteiger partial charge in [-0.3, -0.25) is 9.59 Å². The molecule has 4 nitrogen and oxygen atoms in total. The summed E-state index contributed by atoms with van der Waals surface area (Å²) in [6.07, 6.45) is -3.78. The number of hydrogen-bond donors (Lipinski definition) is 2. The first kappa shape index (κ1) is 19.3. The summed E-state index contributed by atoms with van der Waals surface area (Å²) in [5, 5.41) is 2.84. The SMILES string of the molecule is NC(=O)CSc1ccccc1NC(=O)C1CC1c1ccc(C(F)(F)F)cc1. The Kier molecular flexibility index (Phi) is 5.46. The molecule has 0 radical (unpaired) electrons. The van der Waals surface area contributed by atoms with E-state index in [2.05, 4.69) is 5.32 Å². The van der Waals surface area contributed by atoms with E-state index in [1.807, 2.05) is 0 Å². The molecular formula is C19H17F3N2O2S. The maximum absolute atomic E-state index is 12.6. The Morgan fingerprint density at radius 3 is 2.41 bits per heavy atom. The molecule has 2 unspecified atom stereocenters. The number of alkyl halides is 3. The average molecular weight is 394 g/mol. The molecule has 1 saturated carbocycles. The van der Waals surface area contributed by atoms with Crippen molar-refractivity contribution >= 4 is 29.3 Å². The molecular weight excluding hydrogens is 377 g/mol. The van der Waals surface area contributed by atoms with Crippen LogP contribution in [0.1, 0.15) is 23.5 Å². The predicted octanol–water partition coefficient (Wildman–Crippen LogP) is 4.03. The van der Waals surface area contributed by atoms with Crippen LogP contribution in [0.2, 0.25) is 0 Å². The van der Waals surface area contributed by atoms with Crippen molar-refractivity contribution in [1.82, 2.24) is 0 Å². The van der Waals surface area contributed by atoms with E-state index in [4.69, 9.17) is 5.73 Å². The molecule has 1 fully saturated rings. The number of thioether (sulfide) groups is 1. The quantitative estimate of drug-likeness (QED) is 0.727. The summed E-state index contributed by atoms with van der Waals surface area (Å²) in [5.74, 6) is -0.906. The molecule has 0 aromatic heterocycles. The van der Waals surface area contributed by atoms with Gasteiger partial charge in [-0.05, 0) is 42.2 Å². The van der Waals surface area contributed by atoms with E-state index in [0.29, 0.717) is 12.1 Å². The highest BCUT2D eigenvalue weighted by atomic mass is 32.2. The minimum atomic E-state index is -4.37. The molecule has 0 bridgehead atoms. The van der Waals surface area contributed by atoms with Crippen molar-refractivity contribution in [3.8, 4) is 0 Å². The molecule has 3 N–H and O–H groups in total. The summed E-state index contributed by atoms with van der Waals surface area (Å²) in [5.41, 5.74) is 5.76. The fourth-order valence-corrected chi connectivity index (χ4v) is 3.59. The van der Waals surface area contributed by atoms with Crippen molar-refractivity contribution in [1.29, 1.82) is 0 Å². The van der Waals surface area contributed by atoms with E-state index < -0.39 is 17.6 Å². The second kappa shape index (κ2) is 7.64. The molecule has 2 amide bonds. The number of halogens is 3. The number of anilines is 1. The van der Waals surface area contributed by atoms with Gasteiger partial charge in [0.15, 0.2) is 0 Å². The van der Waals surface area contributed by atoms with Crippen molar-refractivity contribution < 1.29 is 22.8 Å². The van der Waals surface area contributed by atoms with Gasteiger partial charge in [-0.15, -0.1) is 11.8 Å². The van der Waals surface area contributed by atoms with E-state index >= 15 is 0 Å². The van der Waals surface area contributed by atoms with E-state index in [9.17, 15) is 22.8 Å². The van der Waals surface area contributed by atoms with Gasteiger partial charge in [0.25, 0.3) is 0 Å². The average Bonchev–Trinajstić information content (AvgIpc) is 3.41. The second-order valence-electron chi connectivity index (χ2n) is 6.31. The lowest BCUT2D eigenvalue weighted by Crippen LogP contribution is -2.16. The second-order valence-corrected chi connectivity index (χ2v) is 7.33. The maximum atomic E-state index is 12.6. The zero-order chi connectivity index (χ0) is 19.6. The number of carbonyl (C=O) groups excluding carboxylic acids is 2. The van der Waals surface area contributed by atoms with Crippen molar-refractivity contribution in [3.05, 3.63) is 59.7 Å². The minimum absolute atomic E-state index is 0.0854. The summed E-state index contributed by atoms with van der Waals surface area (Å²) in [4.78, 5) is 24.2. The number of para-hydroxylation sites is 1. The van der Waals surface area contributed by atoms with Crippen LogP contribution in [0, 0.1) is 5.92 Å². The van der Waals surface area contributed by atoms with Crippen molar-refractivity contribution in [2.24, 2.45) is 11.7 Å². The maximum Gasteiger partial charge on any atom is 0.416 e. The number of rotatable bonds is 6. The molecule has 27 heavy (non-hydrogen) atoms. The van der Waals surface area contributed by atoms with Crippen LogP contribution in [0.25, 0.3) is 0 Å². The van der Waals surface area contributed by atoms with Crippen LogP contribution >= 0.6 is 11.8 Å². The molecule has 2 aromatic rings. The van der Waals surface area contributed by atoms with E-state index in [1.165, 1.54) is 23.9 Å². The van der Waals surface area contributed by atoms with Crippen LogP contribution in [-0.2, 0) is 15.8 Å². The zero-order valence-corrected chi connectivity index (χ0v) is 14.9. The summed E-state index contributed by atoms with van der Waals surface area (Å²) in [7, 11) is 0. The van der Waals surface area contributed by atoms with E-state index in [-0.39, 0.29) is 23.5 Å². The van der Waals surface area contributed by atoms with Gasteiger partial charge in [0.2, 0.25) is 11.8 Å². The minimum Gasteiger partial charge on any atom is -0.369 e. The first-order valence-electron chi connectivity index (χ1n) is 8.24. The van der Waals surface area contributed by atoms with Gasteiger partial charge in [0.1, 0.15) is 0 Å². The zero-order valence-electron chi connectivity index (χ0n) is 14.1. The lowest BCUT2D eigenvalue weighted by molar-refractivity contribution is -0.137. The van der Waals surface area contributed by atoms with Crippen LogP contribution in [0.4, 0.5) is 18.9 Å². The van der Waals surface area contributed by atoms with Gasteiger partial charge in [0.05, 0.1) is 17.0 Å². The van der Waals surface area contributed by atoms with Crippen LogP contribution in [-0.4, -0.2) is 17.6 Å². The summed E-state index contributed by atoms with van der Waals surface area (Å²) < 4.78 is 37.9. The number of hydrogen-bond acceptors (Lipinski definition) is 3. The Balaban J connectivity index is 1.63. The highest BCUT2D eigenvalue weighted by Crippen LogP contribution is 2.48. The van der Waals surface area contributed by atoms with Gasteiger partial charge in [0, 0.05) is 10.8 Å². The van der Waals surface area contributed by atoms with Gasteiger partial charge in [-0.2, -0.15) is 13.2 Å². The Morgan fingerprint density at radius 2 is 1.78 bits per heavy atom. The van der Waals surface area contributed by atoms with E-state index in [0.717, 1.165) is 22.6 Å². The molecule has 0 heterocycles. The van der Waals surface area contributed by atoms with Gasteiger partial charge in [-0.25, -0.2) is 0 Å². The first-order chi connectivity index (χ1) is 12.8. The highest BCUT2D eigenvalue weighted by Gasteiger charge is 2.44. The fraction of sp³-hybridized carbons (Fsp3) is 0.263. The van der Waals surface area contributed by atoms with Gasteiger partial charge in [-0.1, -0.05) is 24.3 Å². The molecule has 1 aliphatic carbocycles. The number of nitrogens with one attached hydrogen (secondary N) is 1. The van der Waals surface area contributed by atoms with E-state index in [1.54, 1.807) is 24.3 Å². The number of nitrogens with two attached hydrogens (primary N) is 1. The van der Waals surface area contributed by atoms with Crippen molar-refractivity contribution in [2.75, 3.05) is 11.1 Å². The molecule has 1 aliphatic rings. The monoisotopic (exact) mass is 394 g/mol. The number of benzene rings is 2. The third-order valence-electron chi connectivity index (χ3n) is 4.31. The normalized spacial score (nSPS) is 18.8. The molecule has 2 aromatic carbocycles. The lowest BCUT2D eigenvalue weighted by Gasteiger charge is -2.10. The summed E-state index contributed by atoms with van der Waals surface area (Å²) >= 11 is 1.23. The standard InChI is InChI=1S/C19H17F3N2O2S/c20-19(21,22)12-7-5-11(6-8-12)13-9-14(13)18(26)24-15-3-1-2-4-16(15)27-10-17(23)25/h1-8,13-14H,9-10H2,(H2,23,25)(H,24,26). The molecule has 0 spiro atoms. The largest absolute Gasteiger partial charge is 0.416 e. The van der Waals surface area contributed by atoms with Gasteiger partial charge >= 0.3 is 6.18 Å². The Morgan fingerprint density at radius 1 is 1.11 bits per heavy atom. The molecule has 2 atom stereocenters. The summed E-state index contributed by atoms with van der Waals surface area (Å²) in [6.45, 7) is 0. The van der Waals surface area contributed by atoms with Crippen molar-refractivity contribution in [2.45, 2.75) is 23.4 Å². The molecule has 142 valence electrons. The van der Waals surface area contributed by atoms with Crippen LogP contribution in [0.3, 0.4) is 0 Å². The van der Waals surface area contributed by atoms with Gasteiger partial charge < -0.3 is 11.1 Å².